The number of hydrogen-bond acceptors (Lipinski definition) is 10. The number of fused-ring (bicyclic) bond motifs is 4. The third-order valence-electron chi connectivity index (χ3n) is 8.09. The minimum absolute atomic E-state index is 0.0370. The van der Waals surface area contributed by atoms with E-state index in [0.29, 0.717) is 46.0 Å². The Morgan fingerprint density at radius 1 is 0.762 bits per heavy atom. The van der Waals surface area contributed by atoms with Gasteiger partial charge in [0.1, 0.15) is 25.4 Å². The summed E-state index contributed by atoms with van der Waals surface area (Å²) in [5.74, 6) is -0.317. The van der Waals surface area contributed by atoms with Crippen LogP contribution in [-0.4, -0.2) is 42.6 Å². The molecule has 3 aromatic heterocycles. The average Bonchev–Trinajstić information content (AvgIpc) is 3.35. The standard InChI is InChI=1S/C32H28O10/c1-30(2)21(39-30)15-37-29-25-20(9-12-35-25)14-18-7-10-32(41-27(18)29)40-22(31(3,4)42-32)16-36-28-24-19(8-11-34-24)13-17-5-6-23(33)38-26(17)28/h5-14,21-22H,15-16H2,1-4H3/t21?,22-,32+/m0/s1. The summed E-state index contributed by atoms with van der Waals surface area (Å²) in [7, 11) is 0. The number of epoxide rings is 1. The molecule has 2 fully saturated rings. The maximum atomic E-state index is 12.0. The first-order valence-electron chi connectivity index (χ1n) is 13.8. The zero-order valence-corrected chi connectivity index (χ0v) is 23.4. The van der Waals surface area contributed by atoms with Crippen LogP contribution in [0.3, 0.4) is 0 Å². The lowest BCUT2D eigenvalue weighted by Gasteiger charge is -2.31. The highest BCUT2D eigenvalue weighted by atomic mass is 16.9. The molecule has 0 saturated carbocycles. The number of benzene rings is 2. The summed E-state index contributed by atoms with van der Waals surface area (Å²) in [5, 5.41) is 2.41. The molecule has 0 bridgehead atoms. The van der Waals surface area contributed by atoms with Crippen LogP contribution in [0, 0.1) is 0 Å². The third-order valence-corrected chi connectivity index (χ3v) is 8.09. The molecule has 5 aromatic rings. The quantitative estimate of drug-likeness (QED) is 0.173. The maximum Gasteiger partial charge on any atom is 0.350 e. The Balaban J connectivity index is 1.09. The monoisotopic (exact) mass is 572 g/mol. The number of hydrogen-bond donors (Lipinski definition) is 0. The highest BCUT2D eigenvalue weighted by Gasteiger charge is 2.55. The molecular formula is C32H28O10. The minimum atomic E-state index is -1.54. The molecule has 0 aliphatic carbocycles. The molecular weight excluding hydrogens is 544 g/mol. The Kier molecular flexibility index (Phi) is 5.23. The first kappa shape index (κ1) is 25.5. The molecule has 2 aromatic carbocycles. The van der Waals surface area contributed by atoms with E-state index in [4.69, 9.17) is 41.7 Å². The van der Waals surface area contributed by atoms with Gasteiger partial charge in [-0.1, -0.05) is 0 Å². The number of ether oxygens (including phenoxy) is 6. The van der Waals surface area contributed by atoms with Crippen molar-refractivity contribution in [1.82, 2.24) is 0 Å². The van der Waals surface area contributed by atoms with Crippen LogP contribution >= 0.6 is 0 Å². The molecule has 0 radical (unpaired) electrons. The first-order chi connectivity index (χ1) is 20.1. The number of furan rings is 2. The van der Waals surface area contributed by atoms with Crippen molar-refractivity contribution >= 4 is 39.0 Å². The lowest BCUT2D eigenvalue weighted by molar-refractivity contribution is -0.271. The van der Waals surface area contributed by atoms with Gasteiger partial charge in [0, 0.05) is 33.9 Å². The van der Waals surface area contributed by atoms with Gasteiger partial charge in [0.15, 0.2) is 22.5 Å². The van der Waals surface area contributed by atoms with Crippen molar-refractivity contribution in [1.29, 1.82) is 0 Å². The van der Waals surface area contributed by atoms with Crippen LogP contribution in [0.25, 0.3) is 39.0 Å². The molecule has 0 amide bonds. The molecule has 1 unspecified atom stereocenters. The molecule has 6 heterocycles. The topological polar surface area (TPSA) is 115 Å². The summed E-state index contributed by atoms with van der Waals surface area (Å²) in [6.45, 7) is 8.23. The third kappa shape index (κ3) is 4.01. The van der Waals surface area contributed by atoms with Gasteiger partial charge in [0.25, 0.3) is 0 Å². The van der Waals surface area contributed by atoms with Crippen molar-refractivity contribution in [3.8, 4) is 17.2 Å². The van der Waals surface area contributed by atoms with Crippen LogP contribution in [0.2, 0.25) is 0 Å². The van der Waals surface area contributed by atoms with Crippen molar-refractivity contribution in [3.63, 3.8) is 0 Å². The highest BCUT2D eigenvalue weighted by molar-refractivity contribution is 6.00. The van der Waals surface area contributed by atoms with Crippen LogP contribution in [0.1, 0.15) is 33.3 Å². The summed E-state index contributed by atoms with van der Waals surface area (Å²) < 4.78 is 54.5. The van der Waals surface area contributed by atoms with E-state index >= 15 is 0 Å². The van der Waals surface area contributed by atoms with Crippen molar-refractivity contribution in [2.24, 2.45) is 0 Å². The molecule has 8 rings (SSSR count). The highest BCUT2D eigenvalue weighted by Crippen LogP contribution is 2.49. The fourth-order valence-corrected chi connectivity index (χ4v) is 5.59. The molecule has 42 heavy (non-hydrogen) atoms. The lowest BCUT2D eigenvalue weighted by Crippen LogP contribution is -2.39. The fourth-order valence-electron chi connectivity index (χ4n) is 5.59. The summed E-state index contributed by atoms with van der Waals surface area (Å²) in [5.41, 5.74) is 0.576. The smallest absolute Gasteiger partial charge is 0.350 e. The van der Waals surface area contributed by atoms with Crippen LogP contribution in [0.4, 0.5) is 0 Å². The van der Waals surface area contributed by atoms with Gasteiger partial charge in [-0.25, -0.2) is 4.79 Å². The van der Waals surface area contributed by atoms with Crippen molar-refractivity contribution in [3.05, 3.63) is 71.0 Å². The Bertz CT molecular complexity index is 1960. The molecule has 10 nitrogen and oxygen atoms in total. The predicted molar refractivity (Wildman–Crippen MR) is 151 cm³/mol. The van der Waals surface area contributed by atoms with Crippen molar-refractivity contribution in [2.75, 3.05) is 13.2 Å². The van der Waals surface area contributed by atoms with Crippen LogP contribution in [0.15, 0.2) is 73.0 Å². The van der Waals surface area contributed by atoms with E-state index in [0.717, 1.165) is 16.3 Å². The second-order valence-electron chi connectivity index (χ2n) is 11.9. The summed E-state index contributed by atoms with van der Waals surface area (Å²) in [6, 6.07) is 10.6. The zero-order valence-electron chi connectivity index (χ0n) is 23.4. The Morgan fingerprint density at radius 2 is 1.40 bits per heavy atom. The molecule has 10 heteroatoms. The van der Waals surface area contributed by atoms with Crippen LogP contribution in [0.5, 0.6) is 17.2 Å². The van der Waals surface area contributed by atoms with Gasteiger partial charge in [-0.2, -0.15) is 0 Å². The van der Waals surface area contributed by atoms with E-state index in [-0.39, 0.29) is 18.3 Å². The minimum Gasteiger partial charge on any atom is -0.483 e. The van der Waals surface area contributed by atoms with Crippen LogP contribution in [-0.2, 0) is 14.2 Å². The maximum absolute atomic E-state index is 12.0. The second kappa shape index (κ2) is 8.64. The van der Waals surface area contributed by atoms with E-state index in [2.05, 4.69) is 0 Å². The normalized spacial score (nSPS) is 25.2. The Labute approximate surface area is 239 Å². The van der Waals surface area contributed by atoms with Crippen molar-refractivity contribution < 1.29 is 41.7 Å². The van der Waals surface area contributed by atoms with E-state index in [1.54, 1.807) is 24.7 Å². The summed E-state index contributed by atoms with van der Waals surface area (Å²) in [6.07, 6.45) is 6.18. The number of rotatable bonds is 6. The molecule has 3 aliphatic heterocycles. The summed E-state index contributed by atoms with van der Waals surface area (Å²) in [4.78, 5) is 12.0. The van der Waals surface area contributed by atoms with Gasteiger partial charge in [0.2, 0.25) is 11.5 Å². The molecule has 2 saturated heterocycles. The van der Waals surface area contributed by atoms with Crippen LogP contribution < -0.4 is 19.8 Å². The van der Waals surface area contributed by atoms with E-state index in [9.17, 15) is 4.79 Å². The fraction of sp³-hybridized carbons (Fsp3) is 0.344. The lowest BCUT2D eigenvalue weighted by atomic mass is 10.0. The predicted octanol–water partition coefficient (Wildman–Crippen LogP) is 6.17. The van der Waals surface area contributed by atoms with E-state index in [1.807, 2.05) is 58.0 Å². The molecule has 0 N–H and O–H groups in total. The van der Waals surface area contributed by atoms with Gasteiger partial charge < -0.3 is 41.7 Å². The Morgan fingerprint density at radius 3 is 2.14 bits per heavy atom. The van der Waals surface area contributed by atoms with Gasteiger partial charge >= 0.3 is 11.6 Å². The molecule has 3 atom stereocenters. The Hall–Kier alpha value is -4.25. The molecule has 1 spiro atoms. The van der Waals surface area contributed by atoms with E-state index < -0.39 is 23.3 Å². The van der Waals surface area contributed by atoms with Gasteiger partial charge in [0.05, 0.1) is 23.7 Å². The first-order valence-corrected chi connectivity index (χ1v) is 13.8. The largest absolute Gasteiger partial charge is 0.483 e. The summed E-state index contributed by atoms with van der Waals surface area (Å²) >= 11 is 0. The SMILES string of the molecule is CC1(C)OC1COc1c2c(cc3ccoc13)C=C[C@]1(O2)O[C@@H](COc2c3occc3cc3ccc(=O)oc23)C(C)(C)O1. The van der Waals surface area contributed by atoms with Gasteiger partial charge in [-0.05, 0) is 64.1 Å². The van der Waals surface area contributed by atoms with Gasteiger partial charge in [-0.3, -0.25) is 0 Å². The van der Waals surface area contributed by atoms with Gasteiger partial charge in [-0.15, -0.1) is 0 Å². The van der Waals surface area contributed by atoms with Crippen molar-refractivity contribution in [2.45, 2.75) is 57.1 Å². The average molecular weight is 573 g/mol. The zero-order chi connectivity index (χ0) is 28.9. The van der Waals surface area contributed by atoms with E-state index in [1.165, 1.54) is 6.07 Å². The second-order valence-corrected chi connectivity index (χ2v) is 11.9. The molecule has 216 valence electrons. The molecule has 3 aliphatic rings.